The molecule has 0 aromatic carbocycles. The van der Waals surface area contributed by atoms with Crippen LogP contribution in [0.25, 0.3) is 11.2 Å². The summed E-state index contributed by atoms with van der Waals surface area (Å²) in [6.45, 7) is 5.56. The van der Waals surface area contributed by atoms with Crippen molar-refractivity contribution >= 4 is 34.3 Å². The first kappa shape index (κ1) is 13.7. The Labute approximate surface area is 126 Å². The second kappa shape index (κ2) is 6.04. The minimum atomic E-state index is 0.587. The van der Waals surface area contributed by atoms with E-state index < -0.39 is 0 Å². The molecular formula is C13H17N7S. The molecule has 0 saturated heterocycles. The Hall–Kier alpha value is -2.22. The molecule has 21 heavy (non-hydrogen) atoms. The number of aryl methyl sites for hydroxylation is 1. The second-order valence-corrected chi connectivity index (χ2v) is 5.62. The molecule has 0 fully saturated rings. The summed E-state index contributed by atoms with van der Waals surface area (Å²) >= 11 is 1.67. The monoisotopic (exact) mass is 303 g/mol. The van der Waals surface area contributed by atoms with Crippen LogP contribution in [0.4, 0.5) is 11.8 Å². The molecule has 7 nitrogen and oxygen atoms in total. The van der Waals surface area contributed by atoms with Gasteiger partial charge in [-0.1, -0.05) is 0 Å². The maximum Gasteiger partial charge on any atom is 0.226 e. The number of hydrogen-bond acceptors (Lipinski definition) is 7. The Bertz CT molecular complexity index is 733. The maximum atomic E-state index is 4.48. The molecule has 3 N–H and O–H groups in total. The van der Waals surface area contributed by atoms with Crippen LogP contribution in [0.5, 0.6) is 0 Å². The Kier molecular flexibility index (Phi) is 3.96. The molecule has 3 aromatic heterocycles. The van der Waals surface area contributed by atoms with Crippen LogP contribution in [0.3, 0.4) is 0 Å². The number of anilines is 2. The van der Waals surface area contributed by atoms with Gasteiger partial charge >= 0.3 is 0 Å². The first-order chi connectivity index (χ1) is 10.3. The van der Waals surface area contributed by atoms with Gasteiger partial charge in [0.05, 0.1) is 17.0 Å². The number of rotatable bonds is 6. The van der Waals surface area contributed by atoms with Crippen molar-refractivity contribution in [1.82, 2.24) is 24.9 Å². The zero-order valence-electron chi connectivity index (χ0n) is 12.0. The van der Waals surface area contributed by atoms with E-state index in [0.717, 1.165) is 41.5 Å². The smallest absolute Gasteiger partial charge is 0.226 e. The largest absolute Gasteiger partial charge is 0.368 e. The minimum Gasteiger partial charge on any atom is -0.368 e. The quantitative estimate of drug-likeness (QED) is 0.646. The molecule has 0 aliphatic rings. The van der Waals surface area contributed by atoms with E-state index in [1.54, 1.807) is 17.7 Å². The van der Waals surface area contributed by atoms with Gasteiger partial charge in [-0.15, -0.1) is 11.3 Å². The van der Waals surface area contributed by atoms with Crippen LogP contribution in [0.15, 0.2) is 11.7 Å². The van der Waals surface area contributed by atoms with Crippen molar-refractivity contribution in [2.45, 2.75) is 20.3 Å². The van der Waals surface area contributed by atoms with Crippen molar-refractivity contribution in [2.75, 3.05) is 23.7 Å². The molecule has 3 aromatic rings. The van der Waals surface area contributed by atoms with E-state index in [9.17, 15) is 0 Å². The van der Waals surface area contributed by atoms with E-state index in [1.807, 2.05) is 13.8 Å². The SMILES string of the molecule is CCNc1nc(NCCc2csc(C)n2)c2[nH]cnc2n1. The van der Waals surface area contributed by atoms with Crippen LogP contribution >= 0.6 is 11.3 Å². The van der Waals surface area contributed by atoms with Crippen molar-refractivity contribution in [3.05, 3.63) is 22.4 Å². The third kappa shape index (κ3) is 3.10. The molecule has 0 atom stereocenters. The molecule has 110 valence electrons. The summed E-state index contributed by atoms with van der Waals surface area (Å²) in [5, 5.41) is 9.63. The first-order valence-electron chi connectivity index (χ1n) is 6.86. The van der Waals surface area contributed by atoms with Crippen molar-refractivity contribution in [3.63, 3.8) is 0 Å². The number of thiazole rings is 1. The number of nitrogens with one attached hydrogen (secondary N) is 3. The Balaban J connectivity index is 1.74. The van der Waals surface area contributed by atoms with Crippen LogP contribution in [0.2, 0.25) is 0 Å². The van der Waals surface area contributed by atoms with E-state index in [-0.39, 0.29) is 0 Å². The lowest BCUT2D eigenvalue weighted by Crippen LogP contribution is -2.10. The summed E-state index contributed by atoms with van der Waals surface area (Å²) in [5.41, 5.74) is 2.59. The molecule has 0 aliphatic carbocycles. The van der Waals surface area contributed by atoms with Gasteiger partial charge in [0.2, 0.25) is 5.95 Å². The second-order valence-electron chi connectivity index (χ2n) is 4.56. The van der Waals surface area contributed by atoms with Crippen LogP contribution in [-0.2, 0) is 6.42 Å². The molecular weight excluding hydrogens is 286 g/mol. The molecule has 0 saturated carbocycles. The van der Waals surface area contributed by atoms with Crippen LogP contribution in [-0.4, -0.2) is 38.0 Å². The number of fused-ring (bicyclic) bond motifs is 1. The highest BCUT2D eigenvalue weighted by molar-refractivity contribution is 7.09. The van der Waals surface area contributed by atoms with Crippen molar-refractivity contribution in [1.29, 1.82) is 0 Å². The topological polar surface area (TPSA) is 91.4 Å². The predicted molar refractivity (Wildman–Crippen MR) is 84.9 cm³/mol. The lowest BCUT2D eigenvalue weighted by Gasteiger charge is -2.08. The van der Waals surface area contributed by atoms with Crippen LogP contribution in [0, 0.1) is 6.92 Å². The van der Waals surface area contributed by atoms with Gasteiger partial charge in [-0.25, -0.2) is 9.97 Å². The average molecular weight is 303 g/mol. The van der Waals surface area contributed by atoms with Gasteiger partial charge in [-0.3, -0.25) is 0 Å². The molecule has 0 bridgehead atoms. The fourth-order valence-corrected chi connectivity index (χ4v) is 2.68. The Morgan fingerprint density at radius 3 is 2.90 bits per heavy atom. The Morgan fingerprint density at radius 2 is 2.14 bits per heavy atom. The van der Waals surface area contributed by atoms with Gasteiger partial charge in [0.15, 0.2) is 11.5 Å². The fraction of sp³-hybridized carbons (Fsp3) is 0.385. The lowest BCUT2D eigenvalue weighted by molar-refractivity contribution is 0.959. The molecule has 3 rings (SSSR count). The predicted octanol–water partition coefficient (Wildman–Crippen LogP) is 2.20. The molecule has 0 spiro atoms. The zero-order chi connectivity index (χ0) is 14.7. The number of aromatic amines is 1. The third-order valence-electron chi connectivity index (χ3n) is 2.96. The van der Waals surface area contributed by atoms with Gasteiger partial charge in [0.25, 0.3) is 0 Å². The van der Waals surface area contributed by atoms with Crippen molar-refractivity contribution in [3.8, 4) is 0 Å². The number of aromatic nitrogens is 5. The molecule has 0 amide bonds. The average Bonchev–Trinajstić information content (AvgIpc) is 3.08. The first-order valence-corrected chi connectivity index (χ1v) is 7.74. The lowest BCUT2D eigenvalue weighted by atomic mass is 10.3. The highest BCUT2D eigenvalue weighted by atomic mass is 32.1. The fourth-order valence-electron chi connectivity index (χ4n) is 2.03. The summed E-state index contributed by atoms with van der Waals surface area (Å²) in [6.07, 6.45) is 2.49. The summed E-state index contributed by atoms with van der Waals surface area (Å²) in [4.78, 5) is 20.5. The highest BCUT2D eigenvalue weighted by Crippen LogP contribution is 2.18. The molecule has 0 aliphatic heterocycles. The number of nitrogens with zero attached hydrogens (tertiary/aromatic N) is 4. The Morgan fingerprint density at radius 1 is 1.24 bits per heavy atom. The van der Waals surface area contributed by atoms with Crippen molar-refractivity contribution < 1.29 is 0 Å². The van der Waals surface area contributed by atoms with Gasteiger partial charge in [0.1, 0.15) is 5.52 Å². The van der Waals surface area contributed by atoms with E-state index in [4.69, 9.17) is 0 Å². The minimum absolute atomic E-state index is 0.587. The number of imidazole rings is 1. The number of H-pyrrole nitrogens is 1. The summed E-state index contributed by atoms with van der Waals surface area (Å²) in [7, 11) is 0. The van der Waals surface area contributed by atoms with E-state index in [1.165, 1.54) is 0 Å². The van der Waals surface area contributed by atoms with Gasteiger partial charge in [-0.2, -0.15) is 9.97 Å². The molecule has 3 heterocycles. The molecule has 8 heteroatoms. The molecule has 0 unspecified atom stereocenters. The van der Waals surface area contributed by atoms with E-state index in [0.29, 0.717) is 11.6 Å². The van der Waals surface area contributed by atoms with Crippen LogP contribution in [0.1, 0.15) is 17.6 Å². The number of hydrogen-bond donors (Lipinski definition) is 3. The summed E-state index contributed by atoms with van der Waals surface area (Å²) in [5.74, 6) is 1.35. The van der Waals surface area contributed by atoms with Crippen molar-refractivity contribution in [2.24, 2.45) is 0 Å². The third-order valence-corrected chi connectivity index (χ3v) is 3.78. The summed E-state index contributed by atoms with van der Waals surface area (Å²) < 4.78 is 0. The standard InChI is InChI=1S/C13H17N7S/c1-3-14-13-19-11(10-12(20-13)17-7-16-10)15-5-4-9-6-21-8(2)18-9/h6-7H,3-5H2,1-2H3,(H3,14,15,16,17,19,20). The van der Waals surface area contributed by atoms with Gasteiger partial charge in [0, 0.05) is 24.9 Å². The van der Waals surface area contributed by atoms with Gasteiger partial charge in [-0.05, 0) is 13.8 Å². The zero-order valence-corrected chi connectivity index (χ0v) is 12.8. The van der Waals surface area contributed by atoms with E-state index >= 15 is 0 Å². The molecule has 0 radical (unpaired) electrons. The van der Waals surface area contributed by atoms with E-state index in [2.05, 4.69) is 40.9 Å². The van der Waals surface area contributed by atoms with Crippen LogP contribution < -0.4 is 10.6 Å². The van der Waals surface area contributed by atoms with Gasteiger partial charge < -0.3 is 15.6 Å². The highest BCUT2D eigenvalue weighted by Gasteiger charge is 2.09. The maximum absolute atomic E-state index is 4.48. The normalized spacial score (nSPS) is 11.0. The summed E-state index contributed by atoms with van der Waals surface area (Å²) in [6, 6.07) is 0.